The molecular formula is C13H20N2O3. The van der Waals surface area contributed by atoms with E-state index in [0.717, 1.165) is 6.42 Å². The van der Waals surface area contributed by atoms with Gasteiger partial charge in [-0.05, 0) is 18.3 Å². The number of carbonyl (C=O) groups excluding carboxylic acids is 1. The molecule has 0 aromatic carbocycles. The van der Waals surface area contributed by atoms with Crippen molar-refractivity contribution in [2.75, 3.05) is 13.1 Å². The molecule has 0 aromatic rings. The topological polar surface area (TPSA) is 69.6 Å². The van der Waals surface area contributed by atoms with E-state index >= 15 is 0 Å². The number of amides is 2. The molecule has 100 valence electrons. The fraction of sp³-hybridized carbons (Fsp3) is 0.692. The van der Waals surface area contributed by atoms with Gasteiger partial charge in [-0.2, -0.15) is 0 Å². The van der Waals surface area contributed by atoms with Crippen molar-refractivity contribution in [2.45, 2.75) is 32.7 Å². The molecule has 1 rings (SSSR count). The zero-order chi connectivity index (χ0) is 13.7. The van der Waals surface area contributed by atoms with Crippen LogP contribution in [0.1, 0.15) is 26.7 Å². The lowest BCUT2D eigenvalue weighted by Crippen LogP contribution is -2.51. The lowest BCUT2D eigenvalue weighted by molar-refractivity contribution is -0.139. The Labute approximate surface area is 108 Å². The average Bonchev–Trinajstić information content (AvgIpc) is 2.26. The average molecular weight is 252 g/mol. The summed E-state index contributed by atoms with van der Waals surface area (Å²) in [6, 6.07) is -1.34. The number of carbonyl (C=O) groups is 2. The van der Waals surface area contributed by atoms with Crippen LogP contribution in [0.15, 0.2) is 0 Å². The first-order valence-corrected chi connectivity index (χ1v) is 6.15. The van der Waals surface area contributed by atoms with Crippen LogP contribution in [0.4, 0.5) is 4.79 Å². The first-order chi connectivity index (χ1) is 8.43. The van der Waals surface area contributed by atoms with Gasteiger partial charge in [0, 0.05) is 19.5 Å². The molecule has 2 amide bonds. The minimum Gasteiger partial charge on any atom is -0.480 e. The zero-order valence-corrected chi connectivity index (χ0v) is 10.8. The van der Waals surface area contributed by atoms with Crippen LogP contribution in [-0.2, 0) is 4.79 Å². The second-order valence-electron chi connectivity index (χ2n) is 5.10. The summed E-state index contributed by atoms with van der Waals surface area (Å²) in [5, 5.41) is 11.4. The van der Waals surface area contributed by atoms with Crippen LogP contribution >= 0.6 is 0 Å². The summed E-state index contributed by atoms with van der Waals surface area (Å²) in [5.74, 6) is 2.04. The van der Waals surface area contributed by atoms with Crippen molar-refractivity contribution < 1.29 is 14.7 Å². The van der Waals surface area contributed by atoms with Crippen molar-refractivity contribution in [3.63, 3.8) is 0 Å². The summed E-state index contributed by atoms with van der Waals surface area (Å²) >= 11 is 0. The number of hydrogen-bond acceptors (Lipinski definition) is 2. The van der Waals surface area contributed by atoms with Crippen LogP contribution in [0, 0.1) is 24.2 Å². The lowest BCUT2D eigenvalue weighted by Gasteiger charge is -2.35. The number of hydrogen-bond donors (Lipinski definition) is 2. The van der Waals surface area contributed by atoms with Gasteiger partial charge in [0.1, 0.15) is 6.04 Å². The van der Waals surface area contributed by atoms with Gasteiger partial charge in [0.05, 0.1) is 0 Å². The van der Waals surface area contributed by atoms with Crippen molar-refractivity contribution >= 4 is 12.0 Å². The molecule has 1 fully saturated rings. The fourth-order valence-electron chi connectivity index (χ4n) is 2.39. The summed E-state index contributed by atoms with van der Waals surface area (Å²) < 4.78 is 0. The number of carboxylic acid groups (broad SMARTS) is 1. The Balaban J connectivity index is 2.58. The van der Waals surface area contributed by atoms with Crippen LogP contribution in [0.3, 0.4) is 0 Å². The van der Waals surface area contributed by atoms with E-state index in [0.29, 0.717) is 24.9 Å². The predicted octanol–water partition coefficient (Wildman–Crippen LogP) is 1.15. The Morgan fingerprint density at radius 1 is 1.44 bits per heavy atom. The highest BCUT2D eigenvalue weighted by molar-refractivity contribution is 5.82. The standard InChI is InChI=1S/C13H20N2O3/c1-4-5-11(12(16)17)14-13(18)15-7-9(2)6-10(3)8-15/h1,9-11H,5-8H2,2-3H3,(H,14,18)(H,16,17). The number of carboxylic acids is 1. The molecule has 0 aromatic heterocycles. The third-order valence-electron chi connectivity index (χ3n) is 3.07. The molecule has 0 bridgehead atoms. The number of nitrogens with zero attached hydrogens (tertiary/aromatic N) is 1. The van der Waals surface area contributed by atoms with Gasteiger partial charge in [0.2, 0.25) is 0 Å². The SMILES string of the molecule is C#CCC(NC(=O)N1CC(C)CC(C)C1)C(=O)O. The first-order valence-electron chi connectivity index (χ1n) is 6.15. The number of urea groups is 1. The molecule has 5 nitrogen and oxygen atoms in total. The van der Waals surface area contributed by atoms with Crippen molar-refractivity contribution in [1.82, 2.24) is 10.2 Å². The number of piperidine rings is 1. The molecule has 1 aliphatic heterocycles. The Morgan fingerprint density at radius 3 is 2.44 bits per heavy atom. The minimum atomic E-state index is -1.10. The Bertz CT molecular complexity index is 352. The predicted molar refractivity (Wildman–Crippen MR) is 67.9 cm³/mol. The van der Waals surface area contributed by atoms with Gasteiger partial charge in [-0.25, -0.2) is 9.59 Å². The van der Waals surface area contributed by atoms with Crippen LogP contribution in [0.5, 0.6) is 0 Å². The van der Waals surface area contributed by atoms with Crippen LogP contribution in [0.2, 0.25) is 0 Å². The number of rotatable bonds is 3. The largest absolute Gasteiger partial charge is 0.480 e. The molecule has 18 heavy (non-hydrogen) atoms. The summed E-state index contributed by atoms with van der Waals surface area (Å²) in [7, 11) is 0. The molecule has 0 saturated carbocycles. The minimum absolute atomic E-state index is 0.0000203. The highest BCUT2D eigenvalue weighted by Crippen LogP contribution is 2.20. The van der Waals surface area contributed by atoms with Gasteiger partial charge in [0.25, 0.3) is 0 Å². The van der Waals surface area contributed by atoms with E-state index < -0.39 is 12.0 Å². The second kappa shape index (κ2) is 6.29. The Morgan fingerprint density at radius 2 is 2.00 bits per heavy atom. The Kier molecular flexibility index (Phi) is 5.02. The van der Waals surface area contributed by atoms with Gasteiger partial charge in [0.15, 0.2) is 0 Å². The third kappa shape index (κ3) is 3.95. The van der Waals surface area contributed by atoms with Crippen molar-refractivity contribution in [3.05, 3.63) is 0 Å². The van der Waals surface area contributed by atoms with E-state index in [2.05, 4.69) is 25.1 Å². The van der Waals surface area contributed by atoms with E-state index in [1.165, 1.54) is 0 Å². The second-order valence-corrected chi connectivity index (χ2v) is 5.10. The van der Waals surface area contributed by atoms with Crippen molar-refractivity contribution in [1.29, 1.82) is 0 Å². The van der Waals surface area contributed by atoms with Crippen LogP contribution in [0.25, 0.3) is 0 Å². The molecule has 1 aliphatic rings. The number of aliphatic carboxylic acids is 1. The maximum atomic E-state index is 12.0. The van der Waals surface area contributed by atoms with Crippen molar-refractivity contribution in [2.24, 2.45) is 11.8 Å². The summed E-state index contributed by atoms with van der Waals surface area (Å²) in [6.45, 7) is 5.51. The van der Waals surface area contributed by atoms with Crippen LogP contribution < -0.4 is 5.32 Å². The van der Waals surface area contributed by atoms with Gasteiger partial charge in [-0.3, -0.25) is 0 Å². The molecule has 0 aliphatic carbocycles. The molecule has 1 heterocycles. The van der Waals surface area contributed by atoms with Crippen molar-refractivity contribution in [3.8, 4) is 12.3 Å². The maximum Gasteiger partial charge on any atom is 0.327 e. The summed E-state index contributed by atoms with van der Waals surface area (Å²) in [6.07, 6.45) is 6.18. The maximum absolute atomic E-state index is 12.0. The van der Waals surface area contributed by atoms with E-state index in [9.17, 15) is 9.59 Å². The van der Waals surface area contributed by atoms with Gasteiger partial charge in [-0.15, -0.1) is 12.3 Å². The lowest BCUT2D eigenvalue weighted by atomic mass is 9.92. The monoisotopic (exact) mass is 252 g/mol. The zero-order valence-electron chi connectivity index (χ0n) is 10.8. The summed E-state index contributed by atoms with van der Waals surface area (Å²) in [4.78, 5) is 24.5. The van der Waals surface area contributed by atoms with Gasteiger partial charge < -0.3 is 15.3 Å². The normalized spacial score (nSPS) is 25.1. The smallest absolute Gasteiger partial charge is 0.327 e. The highest BCUT2D eigenvalue weighted by Gasteiger charge is 2.28. The molecule has 5 heteroatoms. The molecule has 2 N–H and O–H groups in total. The third-order valence-corrected chi connectivity index (χ3v) is 3.07. The van der Waals surface area contributed by atoms with Gasteiger partial charge >= 0.3 is 12.0 Å². The molecule has 3 atom stereocenters. The van der Waals surface area contributed by atoms with Gasteiger partial charge in [-0.1, -0.05) is 13.8 Å². The van der Waals surface area contributed by atoms with E-state index in [1.807, 2.05) is 0 Å². The molecule has 1 saturated heterocycles. The van der Waals surface area contributed by atoms with E-state index in [-0.39, 0.29) is 12.5 Å². The number of terminal acetylenes is 1. The molecule has 0 spiro atoms. The van der Waals surface area contributed by atoms with E-state index in [1.54, 1.807) is 4.90 Å². The fourth-order valence-corrected chi connectivity index (χ4v) is 2.39. The molecule has 0 radical (unpaired) electrons. The number of likely N-dealkylation sites (tertiary alicyclic amines) is 1. The van der Waals surface area contributed by atoms with E-state index in [4.69, 9.17) is 11.5 Å². The summed E-state index contributed by atoms with van der Waals surface area (Å²) in [5.41, 5.74) is 0. The van der Waals surface area contributed by atoms with Crippen LogP contribution in [-0.4, -0.2) is 41.1 Å². The molecule has 3 unspecified atom stereocenters. The quantitative estimate of drug-likeness (QED) is 0.740. The number of nitrogens with one attached hydrogen (secondary N) is 1. The first kappa shape index (κ1) is 14.4. The highest BCUT2D eigenvalue weighted by atomic mass is 16.4. The molecular weight excluding hydrogens is 232 g/mol. The Hall–Kier alpha value is -1.70.